The first-order chi connectivity index (χ1) is 6.75. The molecule has 0 bridgehead atoms. The molecule has 0 spiro atoms. The fourth-order valence-corrected chi connectivity index (χ4v) is 2.83. The van der Waals surface area contributed by atoms with Crippen molar-refractivity contribution in [3.63, 3.8) is 0 Å². The van der Waals surface area contributed by atoms with Gasteiger partial charge in [-0.2, -0.15) is 0 Å². The molecule has 2 fully saturated rings. The zero-order valence-corrected chi connectivity index (χ0v) is 9.63. The number of likely N-dealkylation sites (tertiary alicyclic amines) is 1. The summed E-state index contributed by atoms with van der Waals surface area (Å²) >= 11 is 0. The van der Waals surface area contributed by atoms with Gasteiger partial charge >= 0.3 is 0 Å². The van der Waals surface area contributed by atoms with E-state index >= 15 is 0 Å². The molecule has 2 nitrogen and oxygen atoms in total. The molecule has 0 aromatic heterocycles. The fraction of sp³-hybridized carbons (Fsp3) is 1.00. The van der Waals surface area contributed by atoms with Crippen molar-refractivity contribution in [1.29, 1.82) is 0 Å². The van der Waals surface area contributed by atoms with Crippen LogP contribution in [0.15, 0.2) is 0 Å². The Morgan fingerprint density at radius 1 is 1.07 bits per heavy atom. The van der Waals surface area contributed by atoms with Gasteiger partial charge in [0, 0.05) is 12.1 Å². The summed E-state index contributed by atoms with van der Waals surface area (Å²) in [6.45, 7) is 8.62. The number of nitrogens with zero attached hydrogens (tertiary/aromatic N) is 1. The number of piperidine rings is 2. The first-order valence-electron chi connectivity index (χ1n) is 6.23. The van der Waals surface area contributed by atoms with Crippen molar-refractivity contribution in [3.05, 3.63) is 0 Å². The minimum atomic E-state index is 0.730. The number of hydrogen-bond donors (Lipinski definition) is 1. The first-order valence-corrected chi connectivity index (χ1v) is 6.23. The van der Waals surface area contributed by atoms with Gasteiger partial charge in [-0.25, -0.2) is 0 Å². The maximum absolute atomic E-state index is 3.53. The third kappa shape index (κ3) is 2.48. The summed E-state index contributed by atoms with van der Waals surface area (Å²) in [7, 11) is 0. The molecular weight excluding hydrogens is 172 g/mol. The highest BCUT2D eigenvalue weighted by Crippen LogP contribution is 2.22. The van der Waals surface area contributed by atoms with E-state index < -0.39 is 0 Å². The maximum atomic E-state index is 3.53. The van der Waals surface area contributed by atoms with Crippen LogP contribution >= 0.6 is 0 Å². The van der Waals surface area contributed by atoms with Gasteiger partial charge in [0.05, 0.1) is 0 Å². The zero-order chi connectivity index (χ0) is 9.97. The van der Waals surface area contributed by atoms with E-state index in [1.54, 1.807) is 0 Å². The van der Waals surface area contributed by atoms with E-state index in [0.29, 0.717) is 0 Å². The van der Waals surface area contributed by atoms with E-state index in [1.165, 1.54) is 45.3 Å². The van der Waals surface area contributed by atoms with Gasteiger partial charge in [-0.05, 0) is 58.2 Å². The van der Waals surface area contributed by atoms with Crippen LogP contribution in [0.1, 0.15) is 39.5 Å². The minimum Gasteiger partial charge on any atom is -0.314 e. The van der Waals surface area contributed by atoms with Crippen LogP contribution in [-0.2, 0) is 0 Å². The maximum Gasteiger partial charge on any atom is 0.0122 e. The molecule has 82 valence electrons. The third-order valence-corrected chi connectivity index (χ3v) is 3.93. The number of hydrogen-bond acceptors (Lipinski definition) is 2. The quantitative estimate of drug-likeness (QED) is 0.688. The van der Waals surface area contributed by atoms with Gasteiger partial charge in [0.1, 0.15) is 0 Å². The van der Waals surface area contributed by atoms with E-state index in [1.807, 2.05) is 0 Å². The van der Waals surface area contributed by atoms with Crippen molar-refractivity contribution in [3.8, 4) is 0 Å². The van der Waals surface area contributed by atoms with Gasteiger partial charge in [0.2, 0.25) is 0 Å². The summed E-state index contributed by atoms with van der Waals surface area (Å²) in [6.07, 6.45) is 5.55. The second-order valence-electron chi connectivity index (χ2n) is 5.25. The molecule has 2 aliphatic heterocycles. The predicted molar refractivity (Wildman–Crippen MR) is 60.5 cm³/mol. The largest absolute Gasteiger partial charge is 0.314 e. The van der Waals surface area contributed by atoms with Gasteiger partial charge in [-0.15, -0.1) is 0 Å². The average molecular weight is 196 g/mol. The van der Waals surface area contributed by atoms with E-state index in [4.69, 9.17) is 0 Å². The summed E-state index contributed by atoms with van der Waals surface area (Å²) in [5, 5.41) is 3.53. The fourth-order valence-electron chi connectivity index (χ4n) is 2.83. The van der Waals surface area contributed by atoms with Gasteiger partial charge in [0.15, 0.2) is 0 Å². The summed E-state index contributed by atoms with van der Waals surface area (Å²) < 4.78 is 0. The molecule has 0 aliphatic carbocycles. The summed E-state index contributed by atoms with van der Waals surface area (Å²) in [4.78, 5) is 2.73. The summed E-state index contributed by atoms with van der Waals surface area (Å²) in [5.74, 6) is 0.963. The summed E-state index contributed by atoms with van der Waals surface area (Å²) in [6, 6.07) is 1.60. The van der Waals surface area contributed by atoms with Crippen molar-refractivity contribution in [2.75, 3.05) is 19.6 Å². The lowest BCUT2D eigenvalue weighted by molar-refractivity contribution is 0.105. The van der Waals surface area contributed by atoms with Crippen molar-refractivity contribution in [1.82, 2.24) is 10.2 Å². The van der Waals surface area contributed by atoms with Crippen LogP contribution in [-0.4, -0.2) is 36.6 Å². The van der Waals surface area contributed by atoms with E-state index in [-0.39, 0.29) is 0 Å². The molecule has 14 heavy (non-hydrogen) atoms. The second-order valence-corrected chi connectivity index (χ2v) is 5.25. The van der Waals surface area contributed by atoms with Crippen molar-refractivity contribution in [2.45, 2.75) is 51.6 Å². The topological polar surface area (TPSA) is 15.3 Å². The van der Waals surface area contributed by atoms with Crippen molar-refractivity contribution >= 4 is 0 Å². The molecule has 2 aliphatic rings. The molecule has 0 radical (unpaired) electrons. The third-order valence-electron chi connectivity index (χ3n) is 3.93. The van der Waals surface area contributed by atoms with Gasteiger partial charge in [-0.1, -0.05) is 6.92 Å². The highest BCUT2D eigenvalue weighted by atomic mass is 15.2. The standard InChI is InChI=1S/C12H24N2/c1-10-4-7-14(8-5-10)12-3-6-13-11(2)9-12/h10-13H,3-9H2,1-2H3. The Labute approximate surface area is 88.1 Å². The molecule has 2 rings (SSSR count). The molecule has 2 heteroatoms. The van der Waals surface area contributed by atoms with Crippen molar-refractivity contribution < 1.29 is 0 Å². The molecule has 0 amide bonds. The van der Waals surface area contributed by atoms with Gasteiger partial charge in [-0.3, -0.25) is 0 Å². The van der Waals surface area contributed by atoms with Gasteiger partial charge in [0.25, 0.3) is 0 Å². The van der Waals surface area contributed by atoms with E-state index in [9.17, 15) is 0 Å². The summed E-state index contributed by atoms with van der Waals surface area (Å²) in [5.41, 5.74) is 0. The molecule has 2 saturated heterocycles. The van der Waals surface area contributed by atoms with Crippen LogP contribution < -0.4 is 5.32 Å². The first kappa shape index (κ1) is 10.4. The Morgan fingerprint density at radius 3 is 2.43 bits per heavy atom. The highest BCUT2D eigenvalue weighted by molar-refractivity contribution is 4.84. The molecule has 1 N–H and O–H groups in total. The molecule has 2 atom stereocenters. The molecule has 0 saturated carbocycles. The molecule has 0 aromatic carbocycles. The number of rotatable bonds is 1. The molecule has 0 aromatic rings. The Balaban J connectivity index is 1.82. The monoisotopic (exact) mass is 196 g/mol. The minimum absolute atomic E-state index is 0.730. The lowest BCUT2D eigenvalue weighted by atomic mass is 9.93. The highest BCUT2D eigenvalue weighted by Gasteiger charge is 2.26. The Bertz CT molecular complexity index is 173. The van der Waals surface area contributed by atoms with E-state index in [2.05, 4.69) is 24.1 Å². The van der Waals surface area contributed by atoms with Crippen LogP contribution in [0, 0.1) is 5.92 Å². The average Bonchev–Trinajstić information content (AvgIpc) is 2.19. The van der Waals surface area contributed by atoms with Crippen LogP contribution in [0.5, 0.6) is 0 Å². The smallest absolute Gasteiger partial charge is 0.0122 e. The van der Waals surface area contributed by atoms with Crippen LogP contribution in [0.3, 0.4) is 0 Å². The number of nitrogens with one attached hydrogen (secondary N) is 1. The Kier molecular flexibility index (Phi) is 3.45. The molecule has 2 unspecified atom stereocenters. The lowest BCUT2D eigenvalue weighted by Crippen LogP contribution is -2.49. The normalized spacial score (nSPS) is 37.3. The van der Waals surface area contributed by atoms with Crippen LogP contribution in [0.4, 0.5) is 0 Å². The van der Waals surface area contributed by atoms with Crippen LogP contribution in [0.25, 0.3) is 0 Å². The van der Waals surface area contributed by atoms with Gasteiger partial charge < -0.3 is 10.2 Å². The predicted octanol–water partition coefficient (Wildman–Crippen LogP) is 1.86. The van der Waals surface area contributed by atoms with E-state index in [0.717, 1.165) is 18.0 Å². The van der Waals surface area contributed by atoms with Crippen LogP contribution in [0.2, 0.25) is 0 Å². The molecular formula is C12H24N2. The zero-order valence-electron chi connectivity index (χ0n) is 9.63. The second kappa shape index (κ2) is 4.63. The lowest BCUT2D eigenvalue weighted by Gasteiger charge is -2.40. The SMILES string of the molecule is CC1CCN(C2CCNC(C)C2)CC1. The molecule has 2 heterocycles. The Hall–Kier alpha value is -0.0800. The van der Waals surface area contributed by atoms with Crippen molar-refractivity contribution in [2.24, 2.45) is 5.92 Å². The Morgan fingerprint density at radius 2 is 1.79 bits per heavy atom.